The molecule has 0 radical (unpaired) electrons. The number of pyridine rings is 1. The maximum atomic E-state index is 12.1. The quantitative estimate of drug-likeness (QED) is 0.479. The highest BCUT2D eigenvalue weighted by Gasteiger charge is 2.41. The number of aromatic amines is 1. The molecular weight excluding hydrogens is 378 g/mol. The fourth-order valence-corrected chi connectivity index (χ4v) is 9.63. The van der Waals surface area contributed by atoms with Gasteiger partial charge in [-0.3, -0.25) is 4.79 Å². The van der Waals surface area contributed by atoms with E-state index in [-0.39, 0.29) is 16.4 Å². The van der Waals surface area contributed by atoms with Gasteiger partial charge in [-0.15, -0.1) is 5.54 Å². The zero-order valence-corrected chi connectivity index (χ0v) is 18.7. The average molecular weight is 406 g/mol. The minimum Gasteiger partial charge on any atom is -0.306 e. The number of nitrogens with zero attached hydrogens (tertiary/aromatic N) is 2. The maximum absolute atomic E-state index is 12.1. The van der Waals surface area contributed by atoms with Crippen molar-refractivity contribution in [1.82, 2.24) is 15.0 Å². The molecule has 0 aromatic carbocycles. The minimum absolute atomic E-state index is 0.188. The first-order valence-corrected chi connectivity index (χ1v) is 13.1. The first-order valence-electron chi connectivity index (χ1n) is 9.03. The molecular formula is C19H27N3O3SSi. The van der Waals surface area contributed by atoms with Crippen LogP contribution in [-0.2, 0) is 9.84 Å². The molecule has 2 aromatic rings. The number of fused-ring (bicyclic) bond motifs is 1. The maximum Gasteiger partial charge on any atom is 0.250 e. The monoisotopic (exact) mass is 405 g/mol. The second-order valence-electron chi connectivity index (χ2n) is 7.88. The van der Waals surface area contributed by atoms with Gasteiger partial charge in [0, 0.05) is 24.1 Å². The summed E-state index contributed by atoms with van der Waals surface area (Å²) < 4.78 is 23.4. The van der Waals surface area contributed by atoms with Gasteiger partial charge in [-0.05, 0) is 16.6 Å². The summed E-state index contributed by atoms with van der Waals surface area (Å²) in [5, 5.41) is 0.236. The van der Waals surface area contributed by atoms with E-state index in [1.54, 1.807) is 0 Å². The Morgan fingerprint density at radius 3 is 2.11 bits per heavy atom. The van der Waals surface area contributed by atoms with Crippen LogP contribution in [0.3, 0.4) is 0 Å². The topological polar surface area (TPSA) is 92.8 Å². The summed E-state index contributed by atoms with van der Waals surface area (Å²) in [6, 6.07) is 1.43. The molecule has 6 nitrogen and oxygen atoms in total. The Bertz CT molecular complexity index is 1060. The fraction of sp³-hybridized carbons (Fsp3) is 0.526. The van der Waals surface area contributed by atoms with Gasteiger partial charge in [0.1, 0.15) is 13.7 Å². The molecule has 0 aliphatic rings. The summed E-state index contributed by atoms with van der Waals surface area (Å²) in [5.41, 5.74) is 5.33. The zero-order valence-electron chi connectivity index (χ0n) is 16.9. The summed E-state index contributed by atoms with van der Waals surface area (Å²) in [7, 11) is -5.53. The van der Waals surface area contributed by atoms with Crippen molar-refractivity contribution in [3.05, 3.63) is 28.2 Å². The van der Waals surface area contributed by atoms with Gasteiger partial charge < -0.3 is 4.98 Å². The van der Waals surface area contributed by atoms with Crippen LogP contribution in [0.2, 0.25) is 16.6 Å². The lowest BCUT2D eigenvalue weighted by molar-refractivity contribution is 0.593. The van der Waals surface area contributed by atoms with E-state index in [2.05, 4.69) is 68.0 Å². The van der Waals surface area contributed by atoms with E-state index in [1.165, 1.54) is 12.3 Å². The van der Waals surface area contributed by atoms with E-state index in [4.69, 9.17) is 0 Å². The molecule has 8 heteroatoms. The second kappa shape index (κ2) is 7.56. The summed E-state index contributed by atoms with van der Waals surface area (Å²) in [4.78, 5) is 22.6. The van der Waals surface area contributed by atoms with Crippen molar-refractivity contribution >= 4 is 28.9 Å². The minimum atomic E-state index is -3.56. The van der Waals surface area contributed by atoms with Crippen molar-refractivity contribution in [3.8, 4) is 11.5 Å². The number of nitrogens with one attached hydrogen (secondary N) is 1. The van der Waals surface area contributed by atoms with E-state index in [1.807, 2.05) is 0 Å². The smallest absolute Gasteiger partial charge is 0.250 e. The predicted octanol–water partition coefficient (Wildman–Crippen LogP) is 3.29. The third kappa shape index (κ3) is 4.14. The first-order chi connectivity index (χ1) is 12.4. The van der Waals surface area contributed by atoms with Crippen molar-refractivity contribution in [3.63, 3.8) is 0 Å². The SMILES string of the molecule is CC(C)[Si](C#Cc1cc(=O)[nH]c2nc(S(C)(=O)=O)ncc12)(C(C)C)C(C)C. The lowest BCUT2D eigenvalue weighted by Crippen LogP contribution is -2.43. The van der Waals surface area contributed by atoms with Crippen LogP contribution in [0.15, 0.2) is 22.2 Å². The van der Waals surface area contributed by atoms with Gasteiger partial charge in [-0.25, -0.2) is 18.4 Å². The number of rotatable bonds is 4. The van der Waals surface area contributed by atoms with Crippen LogP contribution in [0.5, 0.6) is 0 Å². The standard InChI is InChI=1S/C19H27N3O3SSi/c1-12(2)27(13(3)4,14(5)6)9-8-15-10-17(23)21-18-16(15)11-20-19(22-18)26(7,24)25/h10-14H,1-7H3,(H,20,21,22,23). The molecule has 0 fully saturated rings. The van der Waals surface area contributed by atoms with Crippen LogP contribution in [0, 0.1) is 11.5 Å². The van der Waals surface area contributed by atoms with E-state index in [0.717, 1.165) is 6.26 Å². The van der Waals surface area contributed by atoms with Crippen molar-refractivity contribution in [2.24, 2.45) is 0 Å². The number of hydrogen-bond acceptors (Lipinski definition) is 5. The number of hydrogen-bond donors (Lipinski definition) is 1. The molecule has 2 aromatic heterocycles. The molecule has 2 rings (SSSR count). The molecule has 2 heterocycles. The van der Waals surface area contributed by atoms with Crippen LogP contribution in [-0.4, -0.2) is 37.7 Å². The van der Waals surface area contributed by atoms with Gasteiger partial charge in [-0.1, -0.05) is 47.5 Å². The third-order valence-corrected chi connectivity index (χ3v) is 12.3. The molecule has 0 bridgehead atoms. The van der Waals surface area contributed by atoms with Crippen molar-refractivity contribution < 1.29 is 8.42 Å². The van der Waals surface area contributed by atoms with Crippen LogP contribution in [0.25, 0.3) is 11.0 Å². The molecule has 0 aliphatic heterocycles. The van der Waals surface area contributed by atoms with Crippen LogP contribution < -0.4 is 5.56 Å². The molecule has 0 spiro atoms. The molecule has 146 valence electrons. The fourth-order valence-electron chi connectivity index (χ4n) is 3.91. The van der Waals surface area contributed by atoms with E-state index in [9.17, 15) is 13.2 Å². The second-order valence-corrected chi connectivity index (χ2v) is 15.4. The Labute approximate surface area is 161 Å². The molecule has 0 saturated heterocycles. The van der Waals surface area contributed by atoms with Crippen LogP contribution in [0.4, 0.5) is 0 Å². The molecule has 1 N–H and O–H groups in total. The van der Waals surface area contributed by atoms with E-state index in [0.29, 0.717) is 27.6 Å². The largest absolute Gasteiger partial charge is 0.306 e. The summed E-state index contributed by atoms with van der Waals surface area (Å²) in [5.74, 6) is 3.23. The highest BCUT2D eigenvalue weighted by atomic mass is 32.2. The van der Waals surface area contributed by atoms with Crippen molar-refractivity contribution in [2.75, 3.05) is 6.26 Å². The Balaban J connectivity index is 2.74. The molecule has 0 amide bonds. The predicted molar refractivity (Wildman–Crippen MR) is 111 cm³/mol. The van der Waals surface area contributed by atoms with Gasteiger partial charge in [0.2, 0.25) is 15.0 Å². The van der Waals surface area contributed by atoms with Gasteiger partial charge in [0.15, 0.2) is 0 Å². The summed E-state index contributed by atoms with van der Waals surface area (Å²) in [6.45, 7) is 13.3. The zero-order chi connectivity index (χ0) is 20.6. The lowest BCUT2D eigenvalue weighted by Gasteiger charge is -2.38. The van der Waals surface area contributed by atoms with E-state index < -0.39 is 17.9 Å². The normalized spacial score (nSPS) is 12.7. The van der Waals surface area contributed by atoms with Gasteiger partial charge in [-0.2, -0.15) is 0 Å². The Morgan fingerprint density at radius 2 is 1.63 bits per heavy atom. The molecule has 0 aliphatic carbocycles. The number of H-pyrrole nitrogens is 1. The summed E-state index contributed by atoms with van der Waals surface area (Å²) in [6.07, 6.45) is 2.45. The molecule has 0 unspecified atom stereocenters. The Hall–Kier alpha value is -1.98. The first kappa shape index (κ1) is 21.3. The Kier molecular flexibility index (Phi) is 5.97. The number of aromatic nitrogens is 3. The lowest BCUT2D eigenvalue weighted by atomic mass is 10.2. The average Bonchev–Trinajstić information content (AvgIpc) is 2.52. The molecule has 0 saturated carbocycles. The summed E-state index contributed by atoms with van der Waals surface area (Å²) >= 11 is 0. The van der Waals surface area contributed by atoms with Crippen molar-refractivity contribution in [2.45, 2.75) is 63.3 Å². The third-order valence-electron chi connectivity index (χ3n) is 5.19. The van der Waals surface area contributed by atoms with Gasteiger partial charge >= 0.3 is 0 Å². The molecule has 0 atom stereocenters. The van der Waals surface area contributed by atoms with Crippen molar-refractivity contribution in [1.29, 1.82) is 0 Å². The Morgan fingerprint density at radius 1 is 1.07 bits per heavy atom. The molecule has 27 heavy (non-hydrogen) atoms. The van der Waals surface area contributed by atoms with Gasteiger partial charge in [0.05, 0.1) is 5.39 Å². The highest BCUT2D eigenvalue weighted by Crippen LogP contribution is 2.40. The van der Waals surface area contributed by atoms with Crippen LogP contribution >= 0.6 is 0 Å². The number of sulfone groups is 1. The van der Waals surface area contributed by atoms with E-state index >= 15 is 0 Å². The van der Waals surface area contributed by atoms with Crippen LogP contribution in [0.1, 0.15) is 47.1 Å². The highest BCUT2D eigenvalue weighted by molar-refractivity contribution is 7.90. The van der Waals surface area contributed by atoms with Gasteiger partial charge in [0.25, 0.3) is 5.56 Å².